The average molecular weight is 291 g/mol. The predicted molar refractivity (Wildman–Crippen MR) is 87.9 cm³/mol. The molecule has 0 aromatic heterocycles. The van der Waals surface area contributed by atoms with E-state index in [2.05, 4.69) is 49.9 Å². The van der Waals surface area contributed by atoms with Crippen molar-refractivity contribution >= 4 is 0 Å². The second-order valence-corrected chi connectivity index (χ2v) is 6.32. The topological polar surface area (TPSA) is 41.7 Å². The Morgan fingerprint density at radius 1 is 1.24 bits per heavy atom. The lowest BCUT2D eigenvalue weighted by molar-refractivity contribution is 0.194. The maximum absolute atomic E-state index is 6.64. The molecule has 1 saturated heterocycles. The molecule has 0 aliphatic carbocycles. The van der Waals surface area contributed by atoms with Crippen LogP contribution in [0.3, 0.4) is 0 Å². The van der Waals surface area contributed by atoms with Gasteiger partial charge in [-0.3, -0.25) is 0 Å². The molecule has 4 nitrogen and oxygen atoms in total. The molecular weight excluding hydrogens is 262 g/mol. The summed E-state index contributed by atoms with van der Waals surface area (Å²) in [5, 5.41) is 0. The van der Waals surface area contributed by atoms with Crippen molar-refractivity contribution in [1.82, 2.24) is 9.80 Å². The van der Waals surface area contributed by atoms with E-state index in [1.165, 1.54) is 17.5 Å². The molecule has 0 bridgehead atoms. The zero-order valence-corrected chi connectivity index (χ0v) is 14.0. The summed E-state index contributed by atoms with van der Waals surface area (Å²) in [6, 6.07) is 4.55. The lowest BCUT2D eigenvalue weighted by atomic mass is 9.94. The molecule has 0 saturated carbocycles. The zero-order chi connectivity index (χ0) is 15.6. The number of hydrogen-bond acceptors (Lipinski definition) is 4. The van der Waals surface area contributed by atoms with Crippen LogP contribution in [0.4, 0.5) is 0 Å². The summed E-state index contributed by atoms with van der Waals surface area (Å²) in [7, 11) is 6.09. The third-order valence-corrected chi connectivity index (χ3v) is 4.80. The molecule has 1 aromatic carbocycles. The van der Waals surface area contributed by atoms with E-state index in [0.29, 0.717) is 6.04 Å². The number of benzene rings is 1. The number of rotatable bonds is 3. The summed E-state index contributed by atoms with van der Waals surface area (Å²) in [6.07, 6.45) is 1.19. The van der Waals surface area contributed by atoms with E-state index in [-0.39, 0.29) is 6.04 Å². The molecule has 4 heteroatoms. The summed E-state index contributed by atoms with van der Waals surface area (Å²) in [4.78, 5) is 4.77. The summed E-state index contributed by atoms with van der Waals surface area (Å²) in [5.41, 5.74) is 10.2. The maximum Gasteiger partial charge on any atom is 0.126 e. The molecule has 1 aliphatic rings. The highest BCUT2D eigenvalue weighted by atomic mass is 16.5. The van der Waals surface area contributed by atoms with Crippen molar-refractivity contribution in [2.45, 2.75) is 32.4 Å². The van der Waals surface area contributed by atoms with Crippen LogP contribution < -0.4 is 10.5 Å². The van der Waals surface area contributed by atoms with Gasteiger partial charge in [0.05, 0.1) is 13.2 Å². The van der Waals surface area contributed by atoms with Crippen LogP contribution in [0.2, 0.25) is 0 Å². The molecule has 0 spiro atoms. The monoisotopic (exact) mass is 291 g/mol. The maximum atomic E-state index is 6.64. The number of nitrogens with zero attached hydrogens (tertiary/aromatic N) is 2. The van der Waals surface area contributed by atoms with E-state index in [1.807, 2.05) is 0 Å². The molecular formula is C17H29N3O. The second kappa shape index (κ2) is 6.77. The molecule has 1 aromatic rings. The fourth-order valence-corrected chi connectivity index (χ4v) is 3.25. The Labute approximate surface area is 128 Å². The van der Waals surface area contributed by atoms with Gasteiger partial charge in [0.2, 0.25) is 0 Å². The average Bonchev–Trinajstić information content (AvgIpc) is 2.62. The minimum absolute atomic E-state index is 0.0372. The first-order valence-corrected chi connectivity index (χ1v) is 7.74. The number of nitrogens with two attached hydrogens (primary N) is 1. The van der Waals surface area contributed by atoms with Crippen LogP contribution >= 0.6 is 0 Å². The third kappa shape index (κ3) is 3.39. The molecule has 1 aliphatic heterocycles. The van der Waals surface area contributed by atoms with Crippen LogP contribution in [-0.4, -0.2) is 56.7 Å². The lowest BCUT2D eigenvalue weighted by Crippen LogP contribution is -2.45. The van der Waals surface area contributed by atoms with Crippen molar-refractivity contribution in [3.8, 4) is 5.75 Å². The van der Waals surface area contributed by atoms with Crippen molar-refractivity contribution in [2.75, 3.05) is 40.8 Å². The van der Waals surface area contributed by atoms with Gasteiger partial charge in [-0.25, -0.2) is 0 Å². The van der Waals surface area contributed by atoms with E-state index in [0.717, 1.165) is 30.9 Å². The number of methoxy groups -OCH3 is 1. The Hall–Kier alpha value is -1.10. The number of hydrogen-bond donors (Lipinski definition) is 1. The van der Waals surface area contributed by atoms with Crippen LogP contribution in [0.5, 0.6) is 5.75 Å². The standard InChI is InChI=1S/C17H29N3O/c1-12-7-8-14(17(21-5)13(12)2)16(18)15-11-19(3)9-6-10-20(15)4/h7-8,15-16H,6,9-11,18H2,1-5H3. The number of likely N-dealkylation sites (N-methyl/N-ethyl adjacent to an activating group) is 2. The molecule has 1 fully saturated rings. The normalized spacial score (nSPS) is 22.9. The number of aryl methyl sites for hydroxylation is 1. The van der Waals surface area contributed by atoms with Gasteiger partial charge in [0, 0.05) is 18.2 Å². The van der Waals surface area contributed by atoms with E-state index < -0.39 is 0 Å². The first-order valence-electron chi connectivity index (χ1n) is 7.74. The van der Waals surface area contributed by atoms with E-state index in [9.17, 15) is 0 Å². The van der Waals surface area contributed by atoms with Gasteiger partial charge in [0.15, 0.2) is 0 Å². The third-order valence-electron chi connectivity index (χ3n) is 4.80. The predicted octanol–water partition coefficient (Wildman–Crippen LogP) is 1.95. The van der Waals surface area contributed by atoms with Gasteiger partial charge in [-0.2, -0.15) is 0 Å². The van der Waals surface area contributed by atoms with Gasteiger partial charge in [-0.05, 0) is 58.6 Å². The quantitative estimate of drug-likeness (QED) is 0.924. The summed E-state index contributed by atoms with van der Waals surface area (Å²) >= 11 is 0. The van der Waals surface area contributed by atoms with Crippen LogP contribution in [-0.2, 0) is 0 Å². The SMILES string of the molecule is COc1c(C(N)C2CN(C)CCCN2C)ccc(C)c1C. The minimum atomic E-state index is -0.0372. The highest BCUT2D eigenvalue weighted by molar-refractivity contribution is 5.47. The number of ether oxygens (including phenoxy) is 1. The van der Waals surface area contributed by atoms with Gasteiger partial charge in [-0.1, -0.05) is 12.1 Å². The highest BCUT2D eigenvalue weighted by Gasteiger charge is 2.29. The van der Waals surface area contributed by atoms with E-state index in [1.54, 1.807) is 7.11 Å². The molecule has 118 valence electrons. The van der Waals surface area contributed by atoms with Gasteiger partial charge in [0.1, 0.15) is 5.75 Å². The Morgan fingerprint density at radius 3 is 2.62 bits per heavy atom. The lowest BCUT2D eigenvalue weighted by Gasteiger charge is -2.33. The van der Waals surface area contributed by atoms with Crippen LogP contribution in [0, 0.1) is 13.8 Å². The molecule has 2 unspecified atom stereocenters. The van der Waals surface area contributed by atoms with E-state index >= 15 is 0 Å². The largest absolute Gasteiger partial charge is 0.496 e. The fourth-order valence-electron chi connectivity index (χ4n) is 3.25. The minimum Gasteiger partial charge on any atom is -0.496 e. The zero-order valence-electron chi connectivity index (χ0n) is 14.0. The fraction of sp³-hybridized carbons (Fsp3) is 0.647. The Morgan fingerprint density at radius 2 is 1.95 bits per heavy atom. The van der Waals surface area contributed by atoms with Gasteiger partial charge in [0.25, 0.3) is 0 Å². The van der Waals surface area contributed by atoms with Gasteiger partial charge in [-0.15, -0.1) is 0 Å². The Bertz CT molecular complexity index is 489. The molecule has 0 radical (unpaired) electrons. The van der Waals surface area contributed by atoms with Crippen molar-refractivity contribution in [3.05, 3.63) is 28.8 Å². The van der Waals surface area contributed by atoms with Crippen molar-refractivity contribution in [1.29, 1.82) is 0 Å². The van der Waals surface area contributed by atoms with Crippen molar-refractivity contribution < 1.29 is 4.74 Å². The van der Waals surface area contributed by atoms with Crippen molar-refractivity contribution in [3.63, 3.8) is 0 Å². The van der Waals surface area contributed by atoms with Crippen molar-refractivity contribution in [2.24, 2.45) is 5.73 Å². The molecule has 2 atom stereocenters. The summed E-state index contributed by atoms with van der Waals surface area (Å²) in [5.74, 6) is 0.947. The molecule has 0 amide bonds. The first-order chi connectivity index (χ1) is 9.95. The summed E-state index contributed by atoms with van der Waals surface area (Å²) < 4.78 is 5.65. The summed E-state index contributed by atoms with van der Waals surface area (Å²) in [6.45, 7) is 7.44. The smallest absolute Gasteiger partial charge is 0.126 e. The Balaban J connectivity index is 2.34. The second-order valence-electron chi connectivity index (χ2n) is 6.32. The molecule has 1 heterocycles. The van der Waals surface area contributed by atoms with Crippen LogP contribution in [0.1, 0.15) is 29.2 Å². The molecule has 2 N–H and O–H groups in total. The first kappa shape index (κ1) is 16.3. The highest BCUT2D eigenvalue weighted by Crippen LogP contribution is 2.32. The molecule has 2 rings (SSSR count). The Kier molecular flexibility index (Phi) is 5.25. The van der Waals surface area contributed by atoms with Crippen LogP contribution in [0.25, 0.3) is 0 Å². The van der Waals surface area contributed by atoms with Gasteiger partial charge < -0.3 is 20.3 Å². The van der Waals surface area contributed by atoms with E-state index in [4.69, 9.17) is 10.5 Å². The van der Waals surface area contributed by atoms with Gasteiger partial charge >= 0.3 is 0 Å². The van der Waals surface area contributed by atoms with Crippen LogP contribution in [0.15, 0.2) is 12.1 Å². The molecule has 21 heavy (non-hydrogen) atoms.